The number of nitrogens with zero attached hydrogens (tertiary/aromatic N) is 4. The number of aliphatic imine (C=N–C) groups is 2. The Morgan fingerprint density at radius 1 is 0.744 bits per heavy atom. The van der Waals surface area contributed by atoms with Gasteiger partial charge < -0.3 is 28.7 Å². The Labute approximate surface area is 225 Å². The number of carbonyl (C=O) groups excluding carboxylic acids is 2. The lowest BCUT2D eigenvalue weighted by Gasteiger charge is -2.20. The summed E-state index contributed by atoms with van der Waals surface area (Å²) in [6, 6.07) is 6.39. The minimum absolute atomic E-state index is 0.110. The molecule has 2 aromatic rings. The van der Waals surface area contributed by atoms with Crippen molar-refractivity contribution in [2.75, 3.05) is 34.1 Å². The Morgan fingerprint density at radius 2 is 1.18 bits per heavy atom. The van der Waals surface area contributed by atoms with Crippen LogP contribution in [-0.2, 0) is 0 Å². The molecule has 1 unspecified atom stereocenters. The first-order valence-corrected chi connectivity index (χ1v) is 12.6. The van der Waals surface area contributed by atoms with Crippen molar-refractivity contribution in [1.82, 2.24) is 9.80 Å². The predicted molar refractivity (Wildman–Crippen MR) is 146 cm³/mol. The van der Waals surface area contributed by atoms with Gasteiger partial charge in [0.2, 0.25) is 6.79 Å². The monoisotopic (exact) mass is 528 g/mol. The van der Waals surface area contributed by atoms with Gasteiger partial charge in [0, 0.05) is 37.7 Å². The van der Waals surface area contributed by atoms with Crippen molar-refractivity contribution in [3.05, 3.63) is 59.7 Å². The Kier molecular flexibility index (Phi) is 6.09. The van der Waals surface area contributed by atoms with Crippen LogP contribution >= 0.6 is 0 Å². The molecule has 2 saturated heterocycles. The van der Waals surface area contributed by atoms with E-state index >= 15 is 0 Å². The molecule has 0 saturated carbocycles. The molecule has 4 aliphatic rings. The van der Waals surface area contributed by atoms with Crippen LogP contribution in [0.4, 0.5) is 11.4 Å². The summed E-state index contributed by atoms with van der Waals surface area (Å²) in [6.07, 6.45) is 4.95. The quantitative estimate of drug-likeness (QED) is 0.413. The number of methoxy groups -OCH3 is 2. The van der Waals surface area contributed by atoms with Crippen molar-refractivity contribution in [3.63, 3.8) is 0 Å². The number of hydrogen-bond acceptors (Lipinski definition) is 8. The van der Waals surface area contributed by atoms with Crippen molar-refractivity contribution >= 4 is 35.6 Å². The molecule has 4 aliphatic heterocycles. The largest absolute Gasteiger partial charge is 0.493 e. The average molecular weight is 529 g/mol. The van der Waals surface area contributed by atoms with Gasteiger partial charge in [-0.2, -0.15) is 0 Å². The predicted octanol–water partition coefficient (Wildman–Crippen LogP) is 4.09. The number of ether oxygens (including phenoxy) is 4. The Morgan fingerprint density at radius 3 is 1.59 bits per heavy atom. The third kappa shape index (κ3) is 4.31. The number of rotatable bonds is 6. The van der Waals surface area contributed by atoms with Gasteiger partial charge in [-0.3, -0.25) is 19.6 Å². The fraction of sp³-hybridized carbons (Fsp3) is 0.310. The lowest BCUT2D eigenvalue weighted by Crippen LogP contribution is -2.35. The first-order valence-electron chi connectivity index (χ1n) is 12.6. The molecule has 0 bridgehead atoms. The Hall–Kier alpha value is -4.60. The van der Waals surface area contributed by atoms with Crippen LogP contribution in [0, 0.1) is 0 Å². The van der Waals surface area contributed by atoms with E-state index in [2.05, 4.69) is 23.1 Å². The van der Waals surface area contributed by atoms with Crippen LogP contribution in [-0.4, -0.2) is 80.2 Å². The van der Waals surface area contributed by atoms with E-state index in [-0.39, 0.29) is 30.7 Å². The smallest absolute Gasteiger partial charge is 0.257 e. The third-order valence-corrected chi connectivity index (χ3v) is 7.33. The summed E-state index contributed by atoms with van der Waals surface area (Å²) in [5.74, 6) is 1.25. The van der Waals surface area contributed by atoms with Crippen molar-refractivity contribution in [1.29, 1.82) is 0 Å². The first-order chi connectivity index (χ1) is 18.9. The summed E-state index contributed by atoms with van der Waals surface area (Å²) in [6.45, 7) is 8.85. The highest BCUT2D eigenvalue weighted by atomic mass is 16.7. The fourth-order valence-corrected chi connectivity index (χ4v) is 5.37. The number of carbonyl (C=O) groups is 2. The van der Waals surface area contributed by atoms with E-state index in [4.69, 9.17) is 18.9 Å². The van der Waals surface area contributed by atoms with Crippen LogP contribution in [0.1, 0.15) is 33.6 Å². The molecule has 2 fully saturated rings. The molecule has 2 aromatic carbocycles. The van der Waals surface area contributed by atoms with Crippen molar-refractivity contribution in [3.8, 4) is 23.0 Å². The maximum atomic E-state index is 13.2. The molecule has 39 heavy (non-hydrogen) atoms. The molecular formula is C29H28N4O6. The van der Waals surface area contributed by atoms with Gasteiger partial charge in [-0.05, 0) is 25.0 Å². The van der Waals surface area contributed by atoms with Gasteiger partial charge in [0.15, 0.2) is 23.0 Å². The SMILES string of the molecule is C=C1CC2C=Nc3cc(OCOc4cc5c(cc4OC)C(=O)N4CC(=C)C[C@H]4C=N5)c(OC)cc3C(=O)N2C1. The average Bonchev–Trinajstić information content (AvgIpc) is 3.44. The highest BCUT2D eigenvalue weighted by Gasteiger charge is 2.35. The van der Waals surface area contributed by atoms with Gasteiger partial charge in [-0.25, -0.2) is 0 Å². The van der Waals surface area contributed by atoms with Gasteiger partial charge in [-0.1, -0.05) is 24.3 Å². The van der Waals surface area contributed by atoms with Gasteiger partial charge in [0.05, 0.1) is 48.8 Å². The molecule has 2 amide bonds. The summed E-state index contributed by atoms with van der Waals surface area (Å²) in [5.41, 5.74) is 3.87. The van der Waals surface area contributed by atoms with Gasteiger partial charge >= 0.3 is 0 Å². The maximum absolute atomic E-state index is 13.2. The zero-order valence-corrected chi connectivity index (χ0v) is 21.8. The summed E-state index contributed by atoms with van der Waals surface area (Å²) >= 11 is 0. The highest BCUT2D eigenvalue weighted by Crippen LogP contribution is 2.40. The van der Waals surface area contributed by atoms with Crippen LogP contribution in [0.3, 0.4) is 0 Å². The molecule has 4 heterocycles. The fourth-order valence-electron chi connectivity index (χ4n) is 5.37. The molecular weight excluding hydrogens is 500 g/mol. The highest BCUT2D eigenvalue weighted by molar-refractivity contribution is 6.04. The molecule has 0 N–H and O–H groups in total. The van der Waals surface area contributed by atoms with Gasteiger partial charge in [-0.15, -0.1) is 0 Å². The van der Waals surface area contributed by atoms with Crippen LogP contribution in [0.15, 0.2) is 58.6 Å². The molecule has 10 heteroatoms. The van der Waals surface area contributed by atoms with Crippen LogP contribution < -0.4 is 18.9 Å². The van der Waals surface area contributed by atoms with Crippen LogP contribution in [0.25, 0.3) is 0 Å². The molecule has 0 spiro atoms. The first kappa shape index (κ1) is 24.7. The van der Waals surface area contributed by atoms with Crippen LogP contribution in [0.5, 0.6) is 23.0 Å². The third-order valence-electron chi connectivity index (χ3n) is 7.33. The minimum Gasteiger partial charge on any atom is -0.493 e. The molecule has 6 rings (SSSR count). The molecule has 0 aliphatic carbocycles. The summed E-state index contributed by atoms with van der Waals surface area (Å²) < 4.78 is 22.8. The lowest BCUT2D eigenvalue weighted by atomic mass is 10.1. The topological polar surface area (TPSA) is 102 Å². The molecule has 10 nitrogen and oxygen atoms in total. The van der Waals surface area contributed by atoms with E-state index in [1.807, 2.05) is 0 Å². The molecule has 0 radical (unpaired) electrons. The van der Waals surface area contributed by atoms with E-state index in [0.29, 0.717) is 71.4 Å². The molecule has 2 atom stereocenters. The second-order valence-corrected chi connectivity index (χ2v) is 9.91. The van der Waals surface area contributed by atoms with E-state index < -0.39 is 0 Å². The maximum Gasteiger partial charge on any atom is 0.257 e. The summed E-state index contributed by atoms with van der Waals surface area (Å²) in [5, 5.41) is 0. The Balaban J connectivity index is 1.23. The van der Waals surface area contributed by atoms with E-state index in [9.17, 15) is 9.59 Å². The summed E-state index contributed by atoms with van der Waals surface area (Å²) in [4.78, 5) is 39.0. The zero-order valence-electron chi connectivity index (χ0n) is 21.8. The Bertz CT molecular complexity index is 1370. The van der Waals surface area contributed by atoms with Crippen molar-refractivity contribution in [2.45, 2.75) is 24.9 Å². The van der Waals surface area contributed by atoms with E-state index in [1.165, 1.54) is 14.2 Å². The second-order valence-electron chi connectivity index (χ2n) is 9.91. The number of amides is 2. The second kappa shape index (κ2) is 9.61. The number of fused-ring (bicyclic) bond motifs is 4. The zero-order chi connectivity index (χ0) is 27.3. The minimum atomic E-state index is -0.192. The normalized spacial score (nSPS) is 21.2. The lowest BCUT2D eigenvalue weighted by molar-refractivity contribution is 0.0770. The van der Waals surface area contributed by atoms with Crippen molar-refractivity contribution < 1.29 is 28.5 Å². The number of hydrogen-bond donors (Lipinski definition) is 0. The van der Waals surface area contributed by atoms with Crippen LogP contribution in [0.2, 0.25) is 0 Å². The summed E-state index contributed by atoms with van der Waals surface area (Å²) in [7, 11) is 3.01. The molecule has 0 aromatic heterocycles. The van der Waals surface area contributed by atoms with E-state index in [0.717, 1.165) is 11.1 Å². The van der Waals surface area contributed by atoms with Crippen molar-refractivity contribution in [2.24, 2.45) is 9.98 Å². The molecule has 200 valence electrons. The van der Waals surface area contributed by atoms with Gasteiger partial charge in [0.1, 0.15) is 0 Å². The van der Waals surface area contributed by atoms with Gasteiger partial charge in [0.25, 0.3) is 11.8 Å². The standard InChI is InChI=1S/C29H28N4O6/c1-16-5-18-11-30-22-9-26(24(36-3)7-20(22)28(34)32(18)13-16)38-15-39-27-10-23-21(8-25(27)37-4)29(35)33-14-17(2)6-19(33)12-31-23/h7-12,18-19H,1-2,5-6,13-15H2,3-4H3/t18-,19?/m0/s1. The van der Waals surface area contributed by atoms with E-state index in [1.54, 1.807) is 46.5 Å². The number of benzene rings is 2.